The van der Waals surface area contributed by atoms with Crippen molar-refractivity contribution in [2.45, 2.75) is 9.79 Å². The summed E-state index contributed by atoms with van der Waals surface area (Å²) in [5.41, 5.74) is 0.525. The molecule has 0 amide bonds. The lowest BCUT2D eigenvalue weighted by Crippen LogP contribution is -2.00. The quantitative estimate of drug-likeness (QED) is 0.863. The van der Waals surface area contributed by atoms with Gasteiger partial charge in [-0.25, -0.2) is 9.59 Å². The van der Waals surface area contributed by atoms with Gasteiger partial charge >= 0.3 is 11.9 Å². The Bertz CT molecular complexity index is 683. The van der Waals surface area contributed by atoms with E-state index in [0.29, 0.717) is 5.56 Å². The summed E-state index contributed by atoms with van der Waals surface area (Å²) in [5, 5.41) is 9.24. The van der Waals surface area contributed by atoms with Gasteiger partial charge in [0.2, 0.25) is 0 Å². The van der Waals surface area contributed by atoms with Gasteiger partial charge in [-0.05, 0) is 42.5 Å². The minimum Gasteiger partial charge on any atom is -0.478 e. The molecule has 0 unspecified atom stereocenters. The minimum atomic E-state index is -1.07. The number of carbonyl (C=O) groups excluding carboxylic acids is 1. The molecule has 0 aliphatic carbocycles. The summed E-state index contributed by atoms with van der Waals surface area (Å²) >= 11 is 7.21. The molecule has 0 bridgehead atoms. The fourth-order valence-corrected chi connectivity index (χ4v) is 2.70. The Kier molecular flexibility index (Phi) is 4.88. The van der Waals surface area contributed by atoms with E-state index in [4.69, 9.17) is 16.7 Å². The number of carboxylic acids is 1. The maximum Gasteiger partial charge on any atom is 0.337 e. The van der Waals surface area contributed by atoms with Crippen molar-refractivity contribution in [2.75, 3.05) is 7.11 Å². The molecule has 108 valence electrons. The Hall–Kier alpha value is -1.98. The second kappa shape index (κ2) is 6.65. The van der Waals surface area contributed by atoms with E-state index in [0.717, 1.165) is 9.79 Å². The van der Waals surface area contributed by atoms with Crippen molar-refractivity contribution in [3.05, 3.63) is 58.6 Å². The van der Waals surface area contributed by atoms with Crippen LogP contribution in [-0.2, 0) is 4.74 Å². The molecule has 0 heterocycles. The second-order valence-electron chi connectivity index (χ2n) is 4.06. The standard InChI is InChI=1S/C15H11ClO4S/c1-20-15(19)9-2-4-10(5-3-9)21-11-6-7-13(16)12(8-11)14(17)18/h2-8H,1H3,(H,17,18). The molecule has 4 nitrogen and oxygen atoms in total. The van der Waals surface area contributed by atoms with E-state index >= 15 is 0 Å². The number of halogens is 1. The van der Waals surface area contributed by atoms with Gasteiger partial charge in [0.1, 0.15) is 0 Å². The van der Waals surface area contributed by atoms with Gasteiger partial charge in [-0.2, -0.15) is 0 Å². The molecule has 0 aliphatic rings. The van der Waals surface area contributed by atoms with Gasteiger partial charge in [0.25, 0.3) is 0 Å². The number of rotatable bonds is 4. The number of methoxy groups -OCH3 is 1. The molecular formula is C15H11ClO4S. The molecule has 0 aliphatic heterocycles. The lowest BCUT2D eigenvalue weighted by Gasteiger charge is -2.05. The van der Waals surface area contributed by atoms with Crippen LogP contribution in [0.1, 0.15) is 20.7 Å². The number of esters is 1. The summed E-state index contributed by atoms with van der Waals surface area (Å²) < 4.78 is 4.62. The Balaban J connectivity index is 2.20. The molecule has 0 atom stereocenters. The summed E-state index contributed by atoms with van der Waals surface area (Å²) in [5.74, 6) is -1.46. The first-order valence-corrected chi connectivity index (χ1v) is 7.10. The van der Waals surface area contributed by atoms with Crippen molar-refractivity contribution in [1.82, 2.24) is 0 Å². The topological polar surface area (TPSA) is 63.6 Å². The Morgan fingerprint density at radius 3 is 2.29 bits per heavy atom. The number of benzene rings is 2. The number of ether oxygens (including phenoxy) is 1. The predicted octanol–water partition coefficient (Wildman–Crippen LogP) is 3.98. The van der Waals surface area contributed by atoms with E-state index in [-0.39, 0.29) is 10.6 Å². The second-order valence-corrected chi connectivity index (χ2v) is 5.62. The zero-order chi connectivity index (χ0) is 15.4. The molecule has 2 aromatic carbocycles. The van der Waals surface area contributed by atoms with Crippen LogP contribution in [0.2, 0.25) is 5.02 Å². The number of hydrogen-bond acceptors (Lipinski definition) is 4. The van der Waals surface area contributed by atoms with E-state index < -0.39 is 11.9 Å². The first kappa shape index (κ1) is 15.4. The average Bonchev–Trinajstić information content (AvgIpc) is 2.49. The smallest absolute Gasteiger partial charge is 0.337 e. The van der Waals surface area contributed by atoms with E-state index in [9.17, 15) is 9.59 Å². The molecule has 0 spiro atoms. The molecule has 0 fully saturated rings. The van der Waals surface area contributed by atoms with Crippen LogP contribution < -0.4 is 0 Å². The van der Waals surface area contributed by atoms with E-state index in [1.54, 1.807) is 36.4 Å². The number of hydrogen-bond donors (Lipinski definition) is 1. The van der Waals surface area contributed by atoms with Crippen LogP contribution in [0, 0.1) is 0 Å². The predicted molar refractivity (Wildman–Crippen MR) is 80.3 cm³/mol. The third-order valence-corrected chi connectivity index (χ3v) is 4.01. The van der Waals surface area contributed by atoms with Gasteiger partial charge in [-0.15, -0.1) is 0 Å². The monoisotopic (exact) mass is 322 g/mol. The highest BCUT2D eigenvalue weighted by Gasteiger charge is 2.10. The number of carboxylic acid groups (broad SMARTS) is 1. The van der Waals surface area contributed by atoms with E-state index in [1.807, 2.05) is 0 Å². The molecule has 2 aromatic rings. The van der Waals surface area contributed by atoms with E-state index in [1.165, 1.54) is 24.9 Å². The van der Waals surface area contributed by atoms with Gasteiger partial charge in [0.15, 0.2) is 0 Å². The summed E-state index contributed by atoms with van der Waals surface area (Å²) in [6, 6.07) is 11.7. The van der Waals surface area contributed by atoms with Crippen molar-refractivity contribution >= 4 is 35.3 Å². The number of carbonyl (C=O) groups is 2. The molecule has 6 heteroatoms. The molecule has 21 heavy (non-hydrogen) atoms. The summed E-state index contributed by atoms with van der Waals surface area (Å²) in [6.45, 7) is 0. The summed E-state index contributed by atoms with van der Waals surface area (Å²) in [7, 11) is 1.33. The van der Waals surface area contributed by atoms with Crippen LogP contribution in [-0.4, -0.2) is 24.2 Å². The Labute approximate surface area is 130 Å². The van der Waals surface area contributed by atoms with Crippen molar-refractivity contribution in [3.63, 3.8) is 0 Å². The maximum atomic E-state index is 11.3. The number of aromatic carboxylic acids is 1. The molecule has 2 rings (SSSR count). The fourth-order valence-electron chi connectivity index (χ4n) is 1.64. The fraction of sp³-hybridized carbons (Fsp3) is 0.0667. The molecule has 0 radical (unpaired) electrons. The molecule has 1 N–H and O–H groups in total. The van der Waals surface area contributed by atoms with Gasteiger partial charge in [-0.1, -0.05) is 23.4 Å². The third kappa shape index (κ3) is 3.77. The highest BCUT2D eigenvalue weighted by Crippen LogP contribution is 2.30. The maximum absolute atomic E-state index is 11.3. The molecular weight excluding hydrogens is 312 g/mol. The van der Waals surface area contributed by atoms with Crippen molar-refractivity contribution in [3.8, 4) is 0 Å². The Morgan fingerprint density at radius 1 is 1.10 bits per heavy atom. The lowest BCUT2D eigenvalue weighted by atomic mass is 10.2. The SMILES string of the molecule is COC(=O)c1ccc(Sc2ccc(Cl)c(C(=O)O)c2)cc1. The molecule has 0 saturated heterocycles. The third-order valence-electron chi connectivity index (χ3n) is 2.68. The zero-order valence-electron chi connectivity index (χ0n) is 11.0. The lowest BCUT2D eigenvalue weighted by molar-refractivity contribution is 0.0599. The molecule has 0 aromatic heterocycles. The van der Waals surface area contributed by atoms with Crippen LogP contribution in [0.25, 0.3) is 0 Å². The van der Waals surface area contributed by atoms with Crippen LogP contribution in [0.15, 0.2) is 52.3 Å². The van der Waals surface area contributed by atoms with Crippen LogP contribution in [0.4, 0.5) is 0 Å². The Morgan fingerprint density at radius 2 is 1.71 bits per heavy atom. The van der Waals surface area contributed by atoms with Gasteiger partial charge in [0, 0.05) is 9.79 Å². The van der Waals surface area contributed by atoms with Gasteiger partial charge < -0.3 is 9.84 Å². The summed E-state index contributed by atoms with van der Waals surface area (Å²) in [6.07, 6.45) is 0. The largest absolute Gasteiger partial charge is 0.478 e. The van der Waals surface area contributed by atoms with Crippen LogP contribution in [0.3, 0.4) is 0 Å². The first-order chi connectivity index (χ1) is 10.0. The minimum absolute atomic E-state index is 0.0628. The van der Waals surface area contributed by atoms with Gasteiger partial charge in [0.05, 0.1) is 23.3 Å². The highest BCUT2D eigenvalue weighted by atomic mass is 35.5. The van der Waals surface area contributed by atoms with Crippen LogP contribution >= 0.6 is 23.4 Å². The van der Waals surface area contributed by atoms with Crippen molar-refractivity contribution in [1.29, 1.82) is 0 Å². The van der Waals surface area contributed by atoms with Gasteiger partial charge in [-0.3, -0.25) is 0 Å². The highest BCUT2D eigenvalue weighted by molar-refractivity contribution is 7.99. The van der Waals surface area contributed by atoms with Crippen molar-refractivity contribution < 1.29 is 19.4 Å². The van der Waals surface area contributed by atoms with Crippen molar-refractivity contribution in [2.24, 2.45) is 0 Å². The average molecular weight is 323 g/mol. The first-order valence-electron chi connectivity index (χ1n) is 5.90. The molecule has 0 saturated carbocycles. The summed E-state index contributed by atoms with van der Waals surface area (Å²) in [4.78, 5) is 24.0. The zero-order valence-corrected chi connectivity index (χ0v) is 12.6. The normalized spacial score (nSPS) is 10.2. The van der Waals surface area contributed by atoms with E-state index in [2.05, 4.69) is 4.74 Å². The van der Waals surface area contributed by atoms with Crippen LogP contribution in [0.5, 0.6) is 0 Å².